The van der Waals surface area contributed by atoms with Crippen molar-refractivity contribution in [1.82, 2.24) is 0 Å². The summed E-state index contributed by atoms with van der Waals surface area (Å²) in [5.41, 5.74) is 1.68. The largest absolute Gasteiger partial charge is 0.416 e. The Balaban J connectivity index is 2.30. The molecule has 0 saturated carbocycles. The summed E-state index contributed by atoms with van der Waals surface area (Å²) >= 11 is 5.77. The fourth-order valence-electron chi connectivity index (χ4n) is 1.85. The van der Waals surface area contributed by atoms with Gasteiger partial charge in [-0.1, -0.05) is 23.7 Å². The number of anilines is 1. The number of rotatable bonds is 4. The molecular weight excluding hydrogens is 347 g/mol. The van der Waals surface area contributed by atoms with Crippen LogP contribution in [0.1, 0.15) is 18.1 Å². The number of hydrazone groups is 1. The number of alkyl halides is 3. The Bertz CT molecular complexity index is 790. The van der Waals surface area contributed by atoms with E-state index in [0.717, 1.165) is 12.1 Å². The van der Waals surface area contributed by atoms with Gasteiger partial charge in [0.15, 0.2) is 0 Å². The second-order valence-corrected chi connectivity index (χ2v) is 5.24. The van der Waals surface area contributed by atoms with Gasteiger partial charge in [-0.05, 0) is 36.8 Å². The molecule has 0 aliphatic heterocycles. The molecule has 0 atom stereocenters. The molecule has 5 nitrogen and oxygen atoms in total. The minimum Gasteiger partial charge on any atom is -0.271 e. The lowest BCUT2D eigenvalue weighted by molar-refractivity contribution is -0.384. The van der Waals surface area contributed by atoms with Crippen LogP contribution in [-0.4, -0.2) is 10.6 Å². The molecule has 2 aromatic rings. The summed E-state index contributed by atoms with van der Waals surface area (Å²) in [4.78, 5) is 10.1. The summed E-state index contributed by atoms with van der Waals surface area (Å²) in [6, 6.07) is 8.89. The first-order valence-corrected chi connectivity index (χ1v) is 6.98. The van der Waals surface area contributed by atoms with Gasteiger partial charge in [-0.15, -0.1) is 0 Å². The third kappa shape index (κ3) is 4.23. The number of nitrogens with one attached hydrogen (secondary N) is 1. The highest BCUT2D eigenvalue weighted by molar-refractivity contribution is 6.30. The Kier molecular flexibility index (Phi) is 5.08. The minimum atomic E-state index is -4.66. The van der Waals surface area contributed by atoms with Crippen LogP contribution < -0.4 is 5.43 Å². The van der Waals surface area contributed by atoms with E-state index < -0.39 is 22.4 Å². The standard InChI is InChI=1S/C15H11ClF3N3O2/c1-9(10-2-5-12(16)6-3-10)20-21-13-7-4-11(15(17,18)19)8-14(13)22(23)24/h2-8,21H,1H3/b20-9-. The van der Waals surface area contributed by atoms with E-state index >= 15 is 0 Å². The Morgan fingerprint density at radius 1 is 1.21 bits per heavy atom. The van der Waals surface area contributed by atoms with E-state index in [1.807, 2.05) is 0 Å². The van der Waals surface area contributed by atoms with E-state index in [9.17, 15) is 23.3 Å². The average molecular weight is 358 g/mol. The molecule has 1 N–H and O–H groups in total. The molecule has 0 aliphatic rings. The van der Waals surface area contributed by atoms with Gasteiger partial charge in [0.05, 0.1) is 16.2 Å². The molecule has 24 heavy (non-hydrogen) atoms. The van der Waals surface area contributed by atoms with Crippen molar-refractivity contribution in [3.63, 3.8) is 0 Å². The first kappa shape index (κ1) is 17.7. The molecule has 126 valence electrons. The molecule has 2 rings (SSSR count). The third-order valence-corrected chi connectivity index (χ3v) is 3.38. The maximum absolute atomic E-state index is 12.6. The minimum absolute atomic E-state index is 0.138. The molecule has 0 bridgehead atoms. The summed E-state index contributed by atoms with van der Waals surface area (Å²) in [7, 11) is 0. The Morgan fingerprint density at radius 2 is 1.83 bits per heavy atom. The van der Waals surface area contributed by atoms with Gasteiger partial charge in [0.25, 0.3) is 5.69 Å². The smallest absolute Gasteiger partial charge is 0.271 e. The fraction of sp³-hybridized carbons (Fsp3) is 0.133. The summed E-state index contributed by atoms with van der Waals surface area (Å²) in [6.07, 6.45) is -4.66. The van der Waals surface area contributed by atoms with Crippen LogP contribution in [0.15, 0.2) is 47.6 Å². The zero-order chi connectivity index (χ0) is 17.9. The molecule has 0 fully saturated rings. The van der Waals surface area contributed by atoms with Gasteiger partial charge in [-0.25, -0.2) is 0 Å². The summed E-state index contributed by atoms with van der Waals surface area (Å²) < 4.78 is 37.9. The average Bonchev–Trinajstić information content (AvgIpc) is 2.52. The lowest BCUT2D eigenvalue weighted by atomic mass is 10.1. The Morgan fingerprint density at radius 3 is 2.38 bits per heavy atom. The van der Waals surface area contributed by atoms with Crippen molar-refractivity contribution in [2.75, 3.05) is 5.43 Å². The number of benzene rings is 2. The zero-order valence-corrected chi connectivity index (χ0v) is 13.0. The van der Waals surface area contributed by atoms with Crippen LogP contribution in [0.3, 0.4) is 0 Å². The first-order valence-electron chi connectivity index (χ1n) is 6.60. The van der Waals surface area contributed by atoms with E-state index in [1.54, 1.807) is 31.2 Å². The number of nitro groups is 1. The number of hydrogen-bond donors (Lipinski definition) is 1. The molecule has 0 amide bonds. The van der Waals surface area contributed by atoms with Crippen LogP contribution in [0.25, 0.3) is 0 Å². The van der Waals surface area contributed by atoms with Crippen molar-refractivity contribution in [3.05, 3.63) is 68.7 Å². The van der Waals surface area contributed by atoms with Gasteiger partial charge >= 0.3 is 6.18 Å². The van der Waals surface area contributed by atoms with Crippen molar-refractivity contribution in [2.24, 2.45) is 5.10 Å². The number of halogens is 4. The Hall–Kier alpha value is -2.61. The summed E-state index contributed by atoms with van der Waals surface area (Å²) in [6.45, 7) is 1.64. The van der Waals surface area contributed by atoms with Crippen molar-refractivity contribution in [3.8, 4) is 0 Å². The maximum Gasteiger partial charge on any atom is 0.416 e. The van der Waals surface area contributed by atoms with Crippen LogP contribution in [0.5, 0.6) is 0 Å². The zero-order valence-electron chi connectivity index (χ0n) is 12.3. The molecule has 9 heteroatoms. The highest BCUT2D eigenvalue weighted by Gasteiger charge is 2.33. The van der Waals surface area contributed by atoms with Crippen LogP contribution in [0.2, 0.25) is 5.02 Å². The molecule has 0 unspecified atom stereocenters. The molecule has 0 radical (unpaired) electrons. The number of nitro benzene ring substituents is 1. The van der Waals surface area contributed by atoms with Gasteiger partial charge in [0, 0.05) is 11.1 Å². The predicted molar refractivity (Wildman–Crippen MR) is 85.4 cm³/mol. The van der Waals surface area contributed by atoms with Gasteiger partial charge < -0.3 is 0 Å². The molecule has 2 aromatic carbocycles. The van der Waals surface area contributed by atoms with E-state index in [0.29, 0.717) is 22.4 Å². The number of nitrogens with zero attached hydrogens (tertiary/aromatic N) is 2. The van der Waals surface area contributed by atoms with Crippen LogP contribution in [-0.2, 0) is 6.18 Å². The van der Waals surface area contributed by atoms with Crippen molar-refractivity contribution < 1.29 is 18.1 Å². The molecule has 0 aromatic heterocycles. The summed E-state index contributed by atoms with van der Waals surface area (Å²) in [5, 5.41) is 15.5. The highest BCUT2D eigenvalue weighted by Crippen LogP contribution is 2.35. The molecular formula is C15H11ClF3N3O2. The van der Waals surface area contributed by atoms with Crippen molar-refractivity contribution in [1.29, 1.82) is 0 Å². The third-order valence-electron chi connectivity index (χ3n) is 3.13. The molecule has 0 heterocycles. The van der Waals surface area contributed by atoms with Gasteiger partial charge in [0.2, 0.25) is 0 Å². The van der Waals surface area contributed by atoms with Gasteiger partial charge in [0.1, 0.15) is 5.69 Å². The van der Waals surface area contributed by atoms with Crippen LogP contribution in [0.4, 0.5) is 24.5 Å². The predicted octanol–water partition coefficient (Wildman–Crippen LogP) is 5.10. The monoisotopic (exact) mass is 357 g/mol. The second kappa shape index (κ2) is 6.88. The van der Waals surface area contributed by atoms with Crippen molar-refractivity contribution >= 4 is 28.7 Å². The SMILES string of the molecule is C/C(=N/Nc1ccc(C(F)(F)F)cc1[N+](=O)[O-])c1ccc(Cl)cc1. The molecule has 0 spiro atoms. The van der Waals surface area contributed by atoms with Gasteiger partial charge in [-0.2, -0.15) is 18.3 Å². The van der Waals surface area contributed by atoms with Gasteiger partial charge in [-0.3, -0.25) is 15.5 Å². The first-order chi connectivity index (χ1) is 11.2. The van der Waals surface area contributed by atoms with Crippen LogP contribution in [0, 0.1) is 10.1 Å². The highest BCUT2D eigenvalue weighted by atomic mass is 35.5. The lowest BCUT2D eigenvalue weighted by Crippen LogP contribution is -2.07. The molecule has 0 aliphatic carbocycles. The van der Waals surface area contributed by atoms with Crippen LogP contribution >= 0.6 is 11.6 Å². The second-order valence-electron chi connectivity index (χ2n) is 4.80. The maximum atomic E-state index is 12.6. The van der Waals surface area contributed by atoms with E-state index in [-0.39, 0.29) is 5.69 Å². The fourth-order valence-corrected chi connectivity index (χ4v) is 1.98. The Labute approximate surface area is 139 Å². The topological polar surface area (TPSA) is 67.5 Å². The van der Waals surface area contributed by atoms with E-state index in [4.69, 9.17) is 11.6 Å². The number of hydrogen-bond acceptors (Lipinski definition) is 4. The van der Waals surface area contributed by atoms with Crippen molar-refractivity contribution in [2.45, 2.75) is 13.1 Å². The lowest BCUT2D eigenvalue weighted by Gasteiger charge is -2.09. The normalized spacial score (nSPS) is 12.1. The quantitative estimate of drug-likeness (QED) is 0.470. The van der Waals surface area contributed by atoms with E-state index in [2.05, 4.69) is 10.5 Å². The molecule has 0 saturated heterocycles. The van der Waals surface area contributed by atoms with E-state index in [1.165, 1.54) is 0 Å². The summed E-state index contributed by atoms with van der Waals surface area (Å²) in [5.74, 6) is 0.